The fraction of sp³-hybridized carbons (Fsp3) is 0.172. The van der Waals surface area contributed by atoms with Gasteiger partial charge in [-0.3, -0.25) is 4.90 Å². The first kappa shape index (κ1) is 29.8. The number of hydrogen-bond donors (Lipinski definition) is 0. The van der Waals surface area contributed by atoms with Crippen molar-refractivity contribution in [1.82, 2.24) is 4.90 Å². The smallest absolute Gasteiger partial charge is 0.419 e. The Labute approximate surface area is 239 Å². The molecule has 0 aliphatic carbocycles. The van der Waals surface area contributed by atoms with Crippen molar-refractivity contribution in [2.24, 2.45) is 0 Å². The molecule has 3 amide bonds. The Morgan fingerprint density at radius 1 is 1.00 bits per heavy atom. The molecular formula is C29H21F3N4O5S. The lowest BCUT2D eigenvalue weighted by molar-refractivity contribution is -0.137. The number of rotatable bonds is 5. The third-order valence-electron chi connectivity index (χ3n) is 6.44. The lowest BCUT2D eigenvalue weighted by Gasteiger charge is -2.40. The number of sulfone groups is 1. The van der Waals surface area contributed by atoms with E-state index >= 15 is 0 Å². The van der Waals surface area contributed by atoms with Gasteiger partial charge in [-0.05, 0) is 48.4 Å². The topological polar surface area (TPSA) is 132 Å². The average molecular weight is 595 g/mol. The molecule has 1 atom stereocenters. The number of urea groups is 1. The number of halogens is 3. The van der Waals surface area contributed by atoms with Crippen molar-refractivity contribution in [2.45, 2.75) is 30.6 Å². The predicted molar refractivity (Wildman–Crippen MR) is 143 cm³/mol. The Morgan fingerprint density at radius 2 is 1.69 bits per heavy atom. The van der Waals surface area contributed by atoms with Gasteiger partial charge in [-0.1, -0.05) is 42.5 Å². The van der Waals surface area contributed by atoms with Crippen LogP contribution in [0.2, 0.25) is 0 Å². The second-order valence-corrected chi connectivity index (χ2v) is 11.2. The van der Waals surface area contributed by atoms with Crippen molar-refractivity contribution in [1.29, 1.82) is 10.5 Å². The van der Waals surface area contributed by atoms with Gasteiger partial charge in [-0.2, -0.15) is 23.7 Å². The molecule has 0 radical (unpaired) electrons. The molecule has 0 saturated carbocycles. The summed E-state index contributed by atoms with van der Waals surface area (Å²) in [4.78, 5) is 28.4. The van der Waals surface area contributed by atoms with Gasteiger partial charge in [0.15, 0.2) is 9.84 Å². The number of anilines is 1. The molecule has 4 rings (SSSR count). The van der Waals surface area contributed by atoms with E-state index in [0.717, 1.165) is 29.4 Å². The van der Waals surface area contributed by atoms with E-state index in [1.54, 1.807) is 30.3 Å². The Balaban J connectivity index is 1.95. The minimum absolute atomic E-state index is 0.0377. The summed E-state index contributed by atoms with van der Waals surface area (Å²) < 4.78 is 71.5. The van der Waals surface area contributed by atoms with E-state index in [1.165, 1.54) is 25.1 Å². The first-order valence-electron chi connectivity index (χ1n) is 12.1. The fourth-order valence-corrected chi connectivity index (χ4v) is 5.44. The molecule has 0 spiro atoms. The van der Waals surface area contributed by atoms with Crippen LogP contribution < -0.4 is 4.90 Å². The Hall–Kier alpha value is -5.14. The maximum absolute atomic E-state index is 14.0. The third-order valence-corrected chi connectivity index (χ3v) is 7.60. The number of alkyl halides is 3. The number of carbonyl (C=O) groups excluding carboxylic acids is 2. The summed E-state index contributed by atoms with van der Waals surface area (Å²) in [6.45, 7) is 0.983. The van der Waals surface area contributed by atoms with Gasteiger partial charge in [0.2, 0.25) is 0 Å². The minimum atomic E-state index is -4.76. The molecule has 0 aromatic heterocycles. The maximum atomic E-state index is 14.0. The second kappa shape index (κ2) is 11.4. The van der Waals surface area contributed by atoms with Gasteiger partial charge in [-0.15, -0.1) is 0 Å². The monoisotopic (exact) mass is 594 g/mol. The van der Waals surface area contributed by atoms with Gasteiger partial charge in [-0.25, -0.2) is 22.9 Å². The number of benzene rings is 3. The lowest BCUT2D eigenvalue weighted by Crippen LogP contribution is -2.52. The van der Waals surface area contributed by atoms with Crippen LogP contribution in [0.1, 0.15) is 35.2 Å². The molecule has 1 aliphatic rings. The molecule has 1 aliphatic heterocycles. The van der Waals surface area contributed by atoms with Crippen LogP contribution in [-0.4, -0.2) is 31.7 Å². The summed E-state index contributed by atoms with van der Waals surface area (Å²) in [5.74, 6) is 0. The van der Waals surface area contributed by atoms with E-state index in [4.69, 9.17) is 4.74 Å². The van der Waals surface area contributed by atoms with Crippen molar-refractivity contribution in [3.8, 4) is 12.1 Å². The minimum Gasteiger partial charge on any atom is -0.444 e. The van der Waals surface area contributed by atoms with Crippen LogP contribution in [0.15, 0.2) is 89.0 Å². The van der Waals surface area contributed by atoms with E-state index in [2.05, 4.69) is 0 Å². The predicted octanol–water partition coefficient (Wildman–Crippen LogP) is 6.10. The molecule has 0 unspecified atom stereocenters. The van der Waals surface area contributed by atoms with Crippen LogP contribution in [0.4, 0.5) is 28.4 Å². The number of hydrogen-bond acceptors (Lipinski definition) is 7. The van der Waals surface area contributed by atoms with Gasteiger partial charge in [0.1, 0.15) is 12.6 Å². The fourth-order valence-electron chi connectivity index (χ4n) is 4.49. The second-order valence-electron chi connectivity index (χ2n) is 9.23. The zero-order valence-corrected chi connectivity index (χ0v) is 22.9. The van der Waals surface area contributed by atoms with Crippen LogP contribution in [0.3, 0.4) is 0 Å². The van der Waals surface area contributed by atoms with Crippen molar-refractivity contribution in [2.75, 3.05) is 11.2 Å². The highest BCUT2D eigenvalue weighted by molar-refractivity contribution is 7.90. The molecule has 0 bridgehead atoms. The first-order chi connectivity index (χ1) is 19.8. The number of amides is 3. The Morgan fingerprint density at radius 3 is 2.29 bits per heavy atom. The standard InChI is InChI=1S/C29H21F3N4O5S/c1-18-24(16-34)26(23-12-11-20(15-33)13-25(23)42(2,39)40)36(28(38)41-17-19-7-4-3-5-8-19)27(37)35(18)22-10-6-9-21(14-22)29(30,31)32/h3-14,26H,17H2,1-2H3/t26-/m1/s1. The molecule has 9 nitrogen and oxygen atoms in total. The van der Waals surface area contributed by atoms with E-state index < -0.39 is 44.6 Å². The quantitative estimate of drug-likeness (QED) is 0.349. The van der Waals surface area contributed by atoms with Crippen LogP contribution >= 0.6 is 0 Å². The zero-order chi connectivity index (χ0) is 30.8. The molecule has 3 aromatic carbocycles. The summed E-state index contributed by atoms with van der Waals surface area (Å²) in [6.07, 6.45) is -5.18. The molecule has 42 heavy (non-hydrogen) atoms. The maximum Gasteiger partial charge on any atom is 0.419 e. The summed E-state index contributed by atoms with van der Waals surface area (Å²) in [7, 11) is -4.09. The van der Waals surface area contributed by atoms with Gasteiger partial charge >= 0.3 is 18.3 Å². The van der Waals surface area contributed by atoms with Gasteiger partial charge < -0.3 is 4.74 Å². The first-order valence-corrected chi connectivity index (χ1v) is 14.0. The Bertz CT molecular complexity index is 1790. The normalized spacial score (nSPS) is 15.7. The zero-order valence-electron chi connectivity index (χ0n) is 22.1. The van der Waals surface area contributed by atoms with Crippen molar-refractivity contribution in [3.63, 3.8) is 0 Å². The number of imide groups is 1. The highest BCUT2D eigenvalue weighted by Gasteiger charge is 2.46. The summed E-state index contributed by atoms with van der Waals surface area (Å²) in [5, 5.41) is 19.6. The van der Waals surface area contributed by atoms with Crippen LogP contribution in [0.5, 0.6) is 0 Å². The largest absolute Gasteiger partial charge is 0.444 e. The Kier molecular flexibility index (Phi) is 8.09. The summed E-state index contributed by atoms with van der Waals surface area (Å²) >= 11 is 0. The summed E-state index contributed by atoms with van der Waals surface area (Å²) in [5.41, 5.74) is -1.48. The lowest BCUT2D eigenvalue weighted by atomic mass is 9.93. The SMILES string of the molecule is CC1=C(C#N)[C@@H](c2ccc(C#N)cc2S(C)(=O)=O)N(C(=O)OCc2ccccc2)C(=O)N1c1cccc(C(F)(F)F)c1. The van der Waals surface area contributed by atoms with Crippen molar-refractivity contribution in [3.05, 3.63) is 106 Å². The number of nitriles is 2. The van der Waals surface area contributed by atoms with E-state index in [1.807, 2.05) is 12.1 Å². The third kappa shape index (κ3) is 5.82. The highest BCUT2D eigenvalue weighted by Crippen LogP contribution is 2.42. The molecule has 0 saturated heterocycles. The number of allylic oxidation sites excluding steroid dienone is 1. The molecular weight excluding hydrogens is 573 g/mol. The number of nitrogens with zero attached hydrogens (tertiary/aromatic N) is 4. The number of ether oxygens (including phenoxy) is 1. The molecule has 0 N–H and O–H groups in total. The van der Waals surface area contributed by atoms with Gasteiger partial charge in [0.05, 0.1) is 39.4 Å². The molecule has 0 fully saturated rings. The van der Waals surface area contributed by atoms with E-state index in [9.17, 15) is 41.7 Å². The highest BCUT2D eigenvalue weighted by atomic mass is 32.2. The molecule has 3 aromatic rings. The van der Waals surface area contributed by atoms with Crippen molar-refractivity contribution >= 4 is 27.6 Å². The van der Waals surface area contributed by atoms with Crippen LogP contribution in [0.25, 0.3) is 0 Å². The molecule has 1 heterocycles. The summed E-state index contributed by atoms with van der Waals surface area (Å²) in [6, 6.07) is 16.5. The van der Waals surface area contributed by atoms with Crippen LogP contribution in [-0.2, 0) is 27.4 Å². The number of carbonyl (C=O) groups is 2. The van der Waals surface area contributed by atoms with Gasteiger partial charge in [0, 0.05) is 12.0 Å². The van der Waals surface area contributed by atoms with E-state index in [-0.39, 0.29) is 34.7 Å². The average Bonchev–Trinajstić information content (AvgIpc) is 2.95. The van der Waals surface area contributed by atoms with Gasteiger partial charge in [0.25, 0.3) is 0 Å². The van der Waals surface area contributed by atoms with Crippen molar-refractivity contribution < 1.29 is 35.9 Å². The molecule has 214 valence electrons. The molecule has 13 heteroatoms. The van der Waals surface area contributed by atoms with Crippen LogP contribution in [0, 0.1) is 22.7 Å². The van der Waals surface area contributed by atoms with E-state index in [0.29, 0.717) is 16.5 Å².